The molecule has 4 nitrogen and oxygen atoms in total. The second kappa shape index (κ2) is 4.33. The maximum Gasteiger partial charge on any atom is 0.109 e. The van der Waals surface area contributed by atoms with Gasteiger partial charge in [-0.2, -0.15) is 5.26 Å². The fourth-order valence-electron chi connectivity index (χ4n) is 1.78. The predicted octanol–water partition coefficient (Wildman–Crippen LogP) is 1.37. The van der Waals surface area contributed by atoms with Crippen LogP contribution in [0.3, 0.4) is 0 Å². The quantitative estimate of drug-likeness (QED) is 0.841. The van der Waals surface area contributed by atoms with E-state index in [2.05, 4.69) is 11.1 Å². The van der Waals surface area contributed by atoms with E-state index in [1.54, 1.807) is 12.1 Å². The summed E-state index contributed by atoms with van der Waals surface area (Å²) in [4.78, 5) is 4.46. The number of benzene rings is 1. The molecule has 1 aromatic heterocycles. The minimum absolute atomic E-state index is 0.173. The predicted molar refractivity (Wildman–Crippen MR) is 60.8 cm³/mol. The van der Waals surface area contributed by atoms with Gasteiger partial charge < -0.3 is 9.67 Å². The van der Waals surface area contributed by atoms with E-state index in [1.807, 2.05) is 17.7 Å². The first-order valence-corrected chi connectivity index (χ1v) is 5.22. The van der Waals surface area contributed by atoms with E-state index in [0.717, 1.165) is 23.3 Å². The molecule has 4 heteroatoms. The molecule has 0 atom stereocenters. The average Bonchev–Trinajstić information content (AvgIpc) is 2.63. The summed E-state index contributed by atoms with van der Waals surface area (Å²) in [5, 5.41) is 17.6. The molecule has 0 fully saturated rings. The summed E-state index contributed by atoms with van der Waals surface area (Å²) in [5.74, 6) is 0.944. The van der Waals surface area contributed by atoms with E-state index in [9.17, 15) is 0 Å². The highest BCUT2D eigenvalue weighted by molar-refractivity contribution is 5.77. The van der Waals surface area contributed by atoms with Gasteiger partial charge in [0.15, 0.2) is 0 Å². The van der Waals surface area contributed by atoms with E-state index in [1.165, 1.54) is 0 Å². The third-order valence-electron chi connectivity index (χ3n) is 2.66. The SMILES string of the molecule is Cn1c(CCCO)nc2cc(C#N)ccc21. The zero-order valence-electron chi connectivity index (χ0n) is 9.14. The van der Waals surface area contributed by atoms with Gasteiger partial charge in [-0.3, -0.25) is 0 Å². The number of hydrogen-bond acceptors (Lipinski definition) is 3. The lowest BCUT2D eigenvalue weighted by Crippen LogP contribution is -1.99. The largest absolute Gasteiger partial charge is 0.396 e. The third kappa shape index (κ3) is 1.77. The Kier molecular flexibility index (Phi) is 2.88. The molecule has 16 heavy (non-hydrogen) atoms. The number of fused-ring (bicyclic) bond motifs is 1. The average molecular weight is 215 g/mol. The first-order valence-electron chi connectivity index (χ1n) is 5.22. The minimum atomic E-state index is 0.173. The second-order valence-corrected chi connectivity index (χ2v) is 3.73. The van der Waals surface area contributed by atoms with Gasteiger partial charge in [0.1, 0.15) is 5.82 Å². The maximum absolute atomic E-state index is 8.80. The molecule has 0 aliphatic carbocycles. The fourth-order valence-corrected chi connectivity index (χ4v) is 1.78. The van der Waals surface area contributed by atoms with Crippen LogP contribution in [0.15, 0.2) is 18.2 Å². The molecular weight excluding hydrogens is 202 g/mol. The summed E-state index contributed by atoms with van der Waals surface area (Å²) >= 11 is 0. The van der Waals surface area contributed by atoms with Crippen molar-refractivity contribution in [2.75, 3.05) is 6.61 Å². The van der Waals surface area contributed by atoms with Gasteiger partial charge in [0, 0.05) is 20.1 Å². The van der Waals surface area contributed by atoms with Gasteiger partial charge in [-0.15, -0.1) is 0 Å². The lowest BCUT2D eigenvalue weighted by molar-refractivity contribution is 0.287. The maximum atomic E-state index is 8.80. The standard InChI is InChI=1S/C12H13N3O/c1-15-11-5-4-9(8-13)7-10(11)14-12(15)3-2-6-16/h4-5,7,16H,2-3,6H2,1H3. The van der Waals surface area contributed by atoms with Crippen molar-refractivity contribution in [2.24, 2.45) is 7.05 Å². The van der Waals surface area contributed by atoms with Crippen molar-refractivity contribution >= 4 is 11.0 Å². The Morgan fingerprint density at radius 1 is 1.50 bits per heavy atom. The van der Waals surface area contributed by atoms with Crippen LogP contribution in [-0.4, -0.2) is 21.3 Å². The molecule has 2 aromatic rings. The summed E-state index contributed by atoms with van der Waals surface area (Å²) < 4.78 is 2.01. The number of hydrogen-bond donors (Lipinski definition) is 1. The normalized spacial score (nSPS) is 10.6. The van der Waals surface area contributed by atoms with Crippen LogP contribution in [0.2, 0.25) is 0 Å². The Balaban J connectivity index is 2.47. The topological polar surface area (TPSA) is 61.8 Å². The number of aromatic nitrogens is 2. The Labute approximate surface area is 93.8 Å². The molecule has 0 aliphatic rings. The third-order valence-corrected chi connectivity index (χ3v) is 2.66. The van der Waals surface area contributed by atoms with Gasteiger partial charge in [-0.25, -0.2) is 4.98 Å². The Hall–Kier alpha value is -1.86. The number of aliphatic hydroxyl groups is 1. The molecule has 1 N–H and O–H groups in total. The van der Waals surface area contributed by atoms with Crippen LogP contribution >= 0.6 is 0 Å². The van der Waals surface area contributed by atoms with Gasteiger partial charge in [0.2, 0.25) is 0 Å². The van der Waals surface area contributed by atoms with Crippen LogP contribution in [0.1, 0.15) is 17.8 Å². The number of imidazole rings is 1. The zero-order valence-corrected chi connectivity index (χ0v) is 9.14. The van der Waals surface area contributed by atoms with Crippen LogP contribution in [0, 0.1) is 11.3 Å². The molecular formula is C12H13N3O. The lowest BCUT2D eigenvalue weighted by atomic mass is 10.2. The molecule has 0 radical (unpaired) electrons. The molecule has 1 heterocycles. The van der Waals surface area contributed by atoms with Crippen LogP contribution in [0.5, 0.6) is 0 Å². The Morgan fingerprint density at radius 3 is 3.00 bits per heavy atom. The summed E-state index contributed by atoms with van der Waals surface area (Å²) in [7, 11) is 1.95. The molecule has 0 unspecified atom stereocenters. The highest BCUT2D eigenvalue weighted by Crippen LogP contribution is 2.17. The van der Waals surface area contributed by atoms with E-state index >= 15 is 0 Å². The number of rotatable bonds is 3. The van der Waals surface area contributed by atoms with Crippen LogP contribution < -0.4 is 0 Å². The van der Waals surface area contributed by atoms with Gasteiger partial charge in [-0.05, 0) is 24.6 Å². The van der Waals surface area contributed by atoms with Crippen molar-refractivity contribution in [3.05, 3.63) is 29.6 Å². The summed E-state index contributed by atoms with van der Waals surface area (Å²) in [6, 6.07) is 7.59. The van der Waals surface area contributed by atoms with Crippen molar-refractivity contribution in [3.8, 4) is 6.07 Å². The van der Waals surface area contributed by atoms with Crippen molar-refractivity contribution in [3.63, 3.8) is 0 Å². The Morgan fingerprint density at radius 2 is 2.31 bits per heavy atom. The molecule has 0 saturated carbocycles. The first-order chi connectivity index (χ1) is 7.76. The minimum Gasteiger partial charge on any atom is -0.396 e. The summed E-state index contributed by atoms with van der Waals surface area (Å²) in [5.41, 5.74) is 2.49. The van der Waals surface area contributed by atoms with Crippen molar-refractivity contribution in [1.29, 1.82) is 5.26 Å². The van der Waals surface area contributed by atoms with E-state index < -0.39 is 0 Å². The highest BCUT2D eigenvalue weighted by Gasteiger charge is 2.07. The van der Waals surface area contributed by atoms with Crippen molar-refractivity contribution < 1.29 is 5.11 Å². The van der Waals surface area contributed by atoms with Crippen LogP contribution in [-0.2, 0) is 13.5 Å². The Bertz CT molecular complexity index is 551. The molecule has 82 valence electrons. The van der Waals surface area contributed by atoms with Crippen LogP contribution in [0.25, 0.3) is 11.0 Å². The number of aryl methyl sites for hydroxylation is 2. The smallest absolute Gasteiger partial charge is 0.109 e. The van der Waals surface area contributed by atoms with Crippen molar-refractivity contribution in [2.45, 2.75) is 12.8 Å². The van der Waals surface area contributed by atoms with E-state index in [4.69, 9.17) is 10.4 Å². The molecule has 1 aromatic carbocycles. The van der Waals surface area contributed by atoms with Crippen LogP contribution in [0.4, 0.5) is 0 Å². The summed E-state index contributed by atoms with van der Waals surface area (Å²) in [6.45, 7) is 0.173. The zero-order chi connectivity index (χ0) is 11.5. The number of nitriles is 1. The second-order valence-electron chi connectivity index (χ2n) is 3.73. The van der Waals surface area contributed by atoms with Gasteiger partial charge >= 0.3 is 0 Å². The highest BCUT2D eigenvalue weighted by atomic mass is 16.2. The number of nitrogens with zero attached hydrogens (tertiary/aromatic N) is 3. The molecule has 0 saturated heterocycles. The van der Waals surface area contributed by atoms with Gasteiger partial charge in [0.05, 0.1) is 22.7 Å². The van der Waals surface area contributed by atoms with Crippen molar-refractivity contribution in [1.82, 2.24) is 9.55 Å². The fraction of sp³-hybridized carbons (Fsp3) is 0.333. The number of aliphatic hydroxyl groups excluding tert-OH is 1. The lowest BCUT2D eigenvalue weighted by Gasteiger charge is -2.00. The molecule has 2 rings (SSSR count). The van der Waals surface area contributed by atoms with E-state index in [0.29, 0.717) is 12.0 Å². The van der Waals surface area contributed by atoms with Gasteiger partial charge in [-0.1, -0.05) is 0 Å². The molecule has 0 aliphatic heterocycles. The monoisotopic (exact) mass is 215 g/mol. The molecule has 0 bridgehead atoms. The summed E-state index contributed by atoms with van der Waals surface area (Å²) in [6.07, 6.45) is 1.46. The molecule has 0 amide bonds. The van der Waals surface area contributed by atoms with E-state index in [-0.39, 0.29) is 6.61 Å². The molecule has 0 spiro atoms. The van der Waals surface area contributed by atoms with Gasteiger partial charge in [0.25, 0.3) is 0 Å². The first kappa shape index (κ1) is 10.7.